The number of amides is 1. The highest BCUT2D eigenvalue weighted by molar-refractivity contribution is 7.80. The molecule has 0 aliphatic heterocycles. The molecule has 8 heteroatoms. The number of carbonyl (C=O) groups is 2. The fourth-order valence-electron chi connectivity index (χ4n) is 1.88. The van der Waals surface area contributed by atoms with Crippen molar-refractivity contribution in [2.75, 3.05) is 20.3 Å². The lowest BCUT2D eigenvalue weighted by molar-refractivity contribution is -0.140. The molecule has 0 saturated carbocycles. The van der Waals surface area contributed by atoms with Gasteiger partial charge in [-0.15, -0.1) is 0 Å². The molecule has 0 aromatic heterocycles. The number of carbonyl (C=O) groups excluding carboxylic acids is 2. The number of nitrogens with one attached hydrogen (secondary N) is 3. The quantitative estimate of drug-likeness (QED) is 0.261. The van der Waals surface area contributed by atoms with E-state index < -0.39 is 0 Å². The maximum absolute atomic E-state index is 12.1. The fraction of sp³-hybridized carbons (Fsp3) is 0.500. The standard InChI is InChI=1S/C18H27N3O4S/c1-13(2)10-12-25-15-8-6-14(7-9-15)17(23)20-21-18(26)19-11-4-5-16(22)24-3/h6-9,13H,4-5,10-12H2,1-3H3,(H,20,23)(H2,19,21,26). The number of rotatable bonds is 9. The van der Waals surface area contributed by atoms with E-state index in [1.165, 1.54) is 7.11 Å². The minimum absolute atomic E-state index is 0.268. The van der Waals surface area contributed by atoms with Crippen LogP contribution < -0.4 is 20.9 Å². The zero-order chi connectivity index (χ0) is 19.4. The molecule has 0 heterocycles. The van der Waals surface area contributed by atoms with E-state index in [0.29, 0.717) is 37.5 Å². The molecule has 0 saturated heterocycles. The third-order valence-electron chi connectivity index (χ3n) is 3.44. The first-order valence-corrected chi connectivity index (χ1v) is 8.97. The SMILES string of the molecule is COC(=O)CCCNC(=S)NNC(=O)c1ccc(OCCC(C)C)cc1. The van der Waals surface area contributed by atoms with Crippen LogP contribution in [-0.2, 0) is 9.53 Å². The lowest BCUT2D eigenvalue weighted by Gasteiger charge is -2.12. The highest BCUT2D eigenvalue weighted by Gasteiger charge is 2.06. The summed E-state index contributed by atoms with van der Waals surface area (Å²) in [6.07, 6.45) is 1.88. The number of esters is 1. The van der Waals surface area contributed by atoms with E-state index in [1.54, 1.807) is 24.3 Å². The van der Waals surface area contributed by atoms with Crippen molar-refractivity contribution in [2.24, 2.45) is 5.92 Å². The van der Waals surface area contributed by atoms with Gasteiger partial charge in [0.1, 0.15) is 5.75 Å². The highest BCUT2D eigenvalue weighted by Crippen LogP contribution is 2.13. The first-order chi connectivity index (χ1) is 12.4. The van der Waals surface area contributed by atoms with Crippen LogP contribution in [-0.4, -0.2) is 37.3 Å². The van der Waals surface area contributed by atoms with Gasteiger partial charge in [-0.05, 0) is 55.2 Å². The van der Waals surface area contributed by atoms with Gasteiger partial charge in [-0.1, -0.05) is 13.8 Å². The molecule has 0 aliphatic carbocycles. The maximum atomic E-state index is 12.1. The second kappa shape index (κ2) is 12.1. The van der Waals surface area contributed by atoms with E-state index in [0.717, 1.165) is 12.2 Å². The van der Waals surface area contributed by atoms with Crippen LogP contribution >= 0.6 is 12.2 Å². The Morgan fingerprint density at radius 1 is 1.15 bits per heavy atom. The molecule has 0 fully saturated rings. The summed E-state index contributed by atoms with van der Waals surface area (Å²) in [6.45, 7) is 5.43. The number of hydrazine groups is 1. The largest absolute Gasteiger partial charge is 0.494 e. The predicted octanol–water partition coefficient (Wildman–Crippen LogP) is 2.17. The van der Waals surface area contributed by atoms with Gasteiger partial charge < -0.3 is 14.8 Å². The zero-order valence-electron chi connectivity index (χ0n) is 15.5. The van der Waals surface area contributed by atoms with Crippen LogP contribution in [0.1, 0.15) is 43.5 Å². The molecule has 0 spiro atoms. The van der Waals surface area contributed by atoms with Crippen LogP contribution in [0.15, 0.2) is 24.3 Å². The summed E-state index contributed by atoms with van der Waals surface area (Å²) < 4.78 is 10.2. The Labute approximate surface area is 159 Å². The van der Waals surface area contributed by atoms with Gasteiger partial charge in [0.25, 0.3) is 5.91 Å². The molecule has 0 radical (unpaired) electrons. The Balaban J connectivity index is 2.27. The monoisotopic (exact) mass is 381 g/mol. The summed E-state index contributed by atoms with van der Waals surface area (Å²) in [5, 5.41) is 3.16. The van der Waals surface area contributed by atoms with Gasteiger partial charge >= 0.3 is 5.97 Å². The first kappa shape index (κ1) is 21.7. The fourth-order valence-corrected chi connectivity index (χ4v) is 2.03. The van der Waals surface area contributed by atoms with Crippen molar-refractivity contribution in [3.8, 4) is 5.75 Å². The smallest absolute Gasteiger partial charge is 0.305 e. The van der Waals surface area contributed by atoms with Crippen molar-refractivity contribution in [3.05, 3.63) is 29.8 Å². The lowest BCUT2D eigenvalue weighted by atomic mass is 10.1. The Hall–Kier alpha value is -2.35. The number of hydrogen-bond acceptors (Lipinski definition) is 5. The van der Waals surface area contributed by atoms with Crippen LogP contribution in [0.2, 0.25) is 0 Å². The van der Waals surface area contributed by atoms with Gasteiger partial charge in [-0.25, -0.2) is 0 Å². The summed E-state index contributed by atoms with van der Waals surface area (Å²) in [4.78, 5) is 23.0. The van der Waals surface area contributed by atoms with Crippen molar-refractivity contribution in [1.29, 1.82) is 0 Å². The average molecular weight is 381 g/mol. The summed E-state index contributed by atoms with van der Waals surface area (Å²) in [5.74, 6) is 0.745. The molecule has 144 valence electrons. The van der Waals surface area contributed by atoms with Crippen LogP contribution in [0.5, 0.6) is 5.75 Å². The summed E-state index contributed by atoms with van der Waals surface area (Å²) >= 11 is 5.05. The van der Waals surface area contributed by atoms with Crippen molar-refractivity contribution >= 4 is 29.2 Å². The number of ether oxygens (including phenoxy) is 2. The van der Waals surface area contributed by atoms with E-state index in [-0.39, 0.29) is 17.0 Å². The molecular weight excluding hydrogens is 354 g/mol. The molecule has 0 bridgehead atoms. The third-order valence-corrected chi connectivity index (χ3v) is 3.69. The maximum Gasteiger partial charge on any atom is 0.305 e. The molecule has 26 heavy (non-hydrogen) atoms. The molecule has 1 aromatic carbocycles. The Morgan fingerprint density at radius 3 is 2.46 bits per heavy atom. The minimum Gasteiger partial charge on any atom is -0.494 e. The predicted molar refractivity (Wildman–Crippen MR) is 104 cm³/mol. The van der Waals surface area contributed by atoms with E-state index in [2.05, 4.69) is 34.8 Å². The van der Waals surface area contributed by atoms with Crippen LogP contribution in [0.4, 0.5) is 0 Å². The van der Waals surface area contributed by atoms with Crippen molar-refractivity contribution in [3.63, 3.8) is 0 Å². The number of thiocarbonyl (C=S) groups is 1. The van der Waals surface area contributed by atoms with Crippen molar-refractivity contribution in [1.82, 2.24) is 16.2 Å². The average Bonchev–Trinajstić information content (AvgIpc) is 2.63. The second-order valence-electron chi connectivity index (χ2n) is 6.07. The molecule has 1 rings (SSSR count). The molecule has 3 N–H and O–H groups in total. The molecule has 0 atom stereocenters. The zero-order valence-corrected chi connectivity index (χ0v) is 16.3. The topological polar surface area (TPSA) is 88.7 Å². The second-order valence-corrected chi connectivity index (χ2v) is 6.48. The number of benzene rings is 1. The van der Waals surface area contributed by atoms with Crippen molar-refractivity contribution < 1.29 is 19.1 Å². The third kappa shape index (κ3) is 9.22. The Bertz CT molecular complexity index is 591. The summed E-state index contributed by atoms with van der Waals surface area (Å²) in [6, 6.07) is 6.90. The Kier molecular flexibility index (Phi) is 10.1. The van der Waals surface area contributed by atoms with Crippen LogP contribution in [0, 0.1) is 5.92 Å². The van der Waals surface area contributed by atoms with Crippen LogP contribution in [0.25, 0.3) is 0 Å². The van der Waals surface area contributed by atoms with Gasteiger partial charge in [0.15, 0.2) is 5.11 Å². The van der Waals surface area contributed by atoms with E-state index in [1.807, 2.05) is 0 Å². The van der Waals surface area contributed by atoms with Crippen molar-refractivity contribution in [2.45, 2.75) is 33.1 Å². The van der Waals surface area contributed by atoms with E-state index >= 15 is 0 Å². The summed E-state index contributed by atoms with van der Waals surface area (Å²) in [7, 11) is 1.35. The molecule has 7 nitrogen and oxygen atoms in total. The molecule has 0 unspecified atom stereocenters. The first-order valence-electron chi connectivity index (χ1n) is 8.56. The van der Waals surface area contributed by atoms with E-state index in [9.17, 15) is 9.59 Å². The van der Waals surface area contributed by atoms with Gasteiger partial charge in [-0.3, -0.25) is 20.4 Å². The van der Waals surface area contributed by atoms with Gasteiger partial charge in [0.05, 0.1) is 13.7 Å². The number of methoxy groups -OCH3 is 1. The molecule has 1 amide bonds. The molecule has 1 aromatic rings. The summed E-state index contributed by atoms with van der Waals surface area (Å²) in [5.41, 5.74) is 5.62. The van der Waals surface area contributed by atoms with E-state index in [4.69, 9.17) is 17.0 Å². The minimum atomic E-state index is -0.308. The normalized spacial score (nSPS) is 10.2. The van der Waals surface area contributed by atoms with Gasteiger partial charge in [0, 0.05) is 18.5 Å². The van der Waals surface area contributed by atoms with Crippen LogP contribution in [0.3, 0.4) is 0 Å². The number of hydrogen-bond donors (Lipinski definition) is 3. The van der Waals surface area contributed by atoms with Gasteiger partial charge in [0.2, 0.25) is 0 Å². The lowest BCUT2D eigenvalue weighted by Crippen LogP contribution is -2.47. The highest BCUT2D eigenvalue weighted by atomic mass is 32.1. The Morgan fingerprint density at radius 2 is 1.85 bits per heavy atom. The molecular formula is C18H27N3O4S. The molecule has 0 aliphatic rings. The van der Waals surface area contributed by atoms with Gasteiger partial charge in [-0.2, -0.15) is 0 Å².